The van der Waals surface area contributed by atoms with Crippen LogP contribution in [-0.4, -0.2) is 35.2 Å². The molecule has 0 amide bonds. The largest absolute Gasteiger partial charge is 0.478 e. The predicted octanol–water partition coefficient (Wildman–Crippen LogP) is 1.62. The van der Waals surface area contributed by atoms with E-state index in [9.17, 15) is 4.79 Å². The van der Waals surface area contributed by atoms with Crippen LogP contribution in [0, 0.1) is 0 Å². The number of carboxylic acids is 1. The molecule has 0 saturated carbocycles. The van der Waals surface area contributed by atoms with Gasteiger partial charge in [0.05, 0.1) is 5.56 Å². The number of carbonyl (C=O) groups is 1. The number of nitrogens with one attached hydrogen (secondary N) is 1. The highest BCUT2D eigenvalue weighted by molar-refractivity contribution is 5.88. The molecule has 88 valence electrons. The number of hydrogen-bond acceptors (Lipinski definition) is 4. The Balaban J connectivity index is 3.03. The van der Waals surface area contributed by atoms with Crippen LogP contribution in [0.4, 0.5) is 5.82 Å². The molecule has 0 aromatic carbocycles. The van der Waals surface area contributed by atoms with Gasteiger partial charge in [0.1, 0.15) is 5.82 Å². The number of nitrogens with zero attached hydrogens (tertiary/aromatic N) is 2. The molecular weight excluding hydrogens is 206 g/mol. The van der Waals surface area contributed by atoms with Crippen molar-refractivity contribution in [3.63, 3.8) is 0 Å². The average Bonchev–Trinajstić information content (AvgIpc) is 2.16. The topological polar surface area (TPSA) is 65.5 Å². The van der Waals surface area contributed by atoms with Crippen LogP contribution in [0.5, 0.6) is 0 Å². The normalized spacial score (nSPS) is 10.5. The Morgan fingerprint density at radius 2 is 2.19 bits per heavy atom. The Morgan fingerprint density at radius 1 is 1.50 bits per heavy atom. The Kier molecular flexibility index (Phi) is 4.25. The van der Waals surface area contributed by atoms with Gasteiger partial charge in [0.2, 0.25) is 0 Å². The highest BCUT2D eigenvalue weighted by Gasteiger charge is 2.08. The number of anilines is 1. The predicted molar refractivity (Wildman–Crippen MR) is 62.5 cm³/mol. The van der Waals surface area contributed by atoms with E-state index in [1.807, 2.05) is 21.0 Å². The lowest BCUT2D eigenvalue weighted by atomic mass is 10.1. The first-order valence-corrected chi connectivity index (χ1v) is 5.21. The van der Waals surface area contributed by atoms with Crippen molar-refractivity contribution >= 4 is 11.8 Å². The second-order valence-corrected chi connectivity index (χ2v) is 3.79. The molecule has 0 aliphatic rings. The monoisotopic (exact) mass is 223 g/mol. The molecule has 1 rings (SSSR count). The van der Waals surface area contributed by atoms with E-state index in [2.05, 4.69) is 10.4 Å². The van der Waals surface area contributed by atoms with Gasteiger partial charge in [-0.1, -0.05) is 13.3 Å². The third kappa shape index (κ3) is 3.51. The van der Waals surface area contributed by atoms with Gasteiger partial charge in [-0.15, -0.1) is 0 Å². The van der Waals surface area contributed by atoms with Crippen molar-refractivity contribution in [2.24, 2.45) is 0 Å². The molecule has 0 unspecified atom stereocenters. The van der Waals surface area contributed by atoms with E-state index < -0.39 is 5.97 Å². The van der Waals surface area contributed by atoms with Crippen molar-refractivity contribution in [1.29, 1.82) is 0 Å². The van der Waals surface area contributed by atoms with Gasteiger partial charge in [0.15, 0.2) is 0 Å². The SMILES string of the molecule is CCCc1cc(C(=O)O)cc(NN(C)C)n1. The Morgan fingerprint density at radius 3 is 2.69 bits per heavy atom. The summed E-state index contributed by atoms with van der Waals surface area (Å²) in [6.45, 7) is 2.04. The first kappa shape index (κ1) is 12.4. The molecule has 0 fully saturated rings. The summed E-state index contributed by atoms with van der Waals surface area (Å²) in [5.41, 5.74) is 4.02. The van der Waals surface area contributed by atoms with Crippen LogP contribution < -0.4 is 5.43 Å². The molecule has 5 heteroatoms. The minimum absolute atomic E-state index is 0.266. The van der Waals surface area contributed by atoms with Crippen LogP contribution in [0.1, 0.15) is 29.4 Å². The highest BCUT2D eigenvalue weighted by Crippen LogP contribution is 2.12. The van der Waals surface area contributed by atoms with Gasteiger partial charge in [0.25, 0.3) is 0 Å². The standard InChI is InChI=1S/C11H17N3O2/c1-4-5-9-6-8(11(15)16)7-10(12-9)13-14(2)3/h6-7H,4-5H2,1-3H3,(H,12,13)(H,15,16). The molecule has 5 nitrogen and oxygen atoms in total. The first-order chi connectivity index (χ1) is 7.52. The summed E-state index contributed by atoms with van der Waals surface area (Å²) >= 11 is 0. The summed E-state index contributed by atoms with van der Waals surface area (Å²) < 4.78 is 0. The number of carboxylic acid groups (broad SMARTS) is 1. The summed E-state index contributed by atoms with van der Waals surface area (Å²) in [5, 5.41) is 10.7. The average molecular weight is 223 g/mol. The fraction of sp³-hybridized carbons (Fsp3) is 0.455. The molecule has 0 aliphatic heterocycles. The van der Waals surface area contributed by atoms with E-state index in [1.54, 1.807) is 11.1 Å². The molecular formula is C11H17N3O2. The Hall–Kier alpha value is -1.62. The van der Waals surface area contributed by atoms with E-state index in [0.717, 1.165) is 18.5 Å². The van der Waals surface area contributed by atoms with Crippen molar-refractivity contribution in [3.8, 4) is 0 Å². The first-order valence-electron chi connectivity index (χ1n) is 5.21. The van der Waals surface area contributed by atoms with Gasteiger partial charge in [-0.25, -0.2) is 14.8 Å². The second-order valence-electron chi connectivity index (χ2n) is 3.79. The number of hydrogen-bond donors (Lipinski definition) is 2. The third-order valence-electron chi connectivity index (χ3n) is 1.97. The minimum atomic E-state index is -0.929. The van der Waals surface area contributed by atoms with Gasteiger partial charge >= 0.3 is 5.97 Å². The number of pyridine rings is 1. The second kappa shape index (κ2) is 5.46. The maximum atomic E-state index is 10.9. The van der Waals surface area contributed by atoms with E-state index in [-0.39, 0.29) is 5.56 Å². The molecule has 0 aliphatic carbocycles. The third-order valence-corrected chi connectivity index (χ3v) is 1.97. The highest BCUT2D eigenvalue weighted by atomic mass is 16.4. The lowest BCUT2D eigenvalue weighted by molar-refractivity contribution is 0.0696. The molecule has 0 bridgehead atoms. The van der Waals surface area contributed by atoms with E-state index in [0.29, 0.717) is 5.82 Å². The number of hydrazine groups is 1. The van der Waals surface area contributed by atoms with Gasteiger partial charge in [0, 0.05) is 19.8 Å². The van der Waals surface area contributed by atoms with E-state index in [1.165, 1.54) is 6.07 Å². The summed E-state index contributed by atoms with van der Waals surface area (Å²) in [6, 6.07) is 3.15. The molecule has 1 aromatic rings. The molecule has 0 radical (unpaired) electrons. The van der Waals surface area contributed by atoms with E-state index in [4.69, 9.17) is 5.11 Å². The maximum absolute atomic E-state index is 10.9. The van der Waals surface area contributed by atoms with E-state index >= 15 is 0 Å². The fourth-order valence-electron chi connectivity index (χ4n) is 1.38. The fourth-order valence-corrected chi connectivity index (χ4v) is 1.38. The smallest absolute Gasteiger partial charge is 0.335 e. The van der Waals surface area contributed by atoms with Gasteiger partial charge in [-0.05, 0) is 18.6 Å². The summed E-state index contributed by atoms with van der Waals surface area (Å²) in [6.07, 6.45) is 1.72. The van der Waals surface area contributed by atoms with Crippen molar-refractivity contribution in [1.82, 2.24) is 9.99 Å². The minimum Gasteiger partial charge on any atom is -0.478 e. The number of aromatic carboxylic acids is 1. The van der Waals surface area contributed by atoms with Crippen molar-refractivity contribution < 1.29 is 9.90 Å². The zero-order valence-corrected chi connectivity index (χ0v) is 9.82. The van der Waals surface area contributed by atoms with Gasteiger partial charge < -0.3 is 10.5 Å². The lowest BCUT2D eigenvalue weighted by Gasteiger charge is -2.14. The molecule has 0 spiro atoms. The van der Waals surface area contributed by atoms with Crippen LogP contribution in [-0.2, 0) is 6.42 Å². The Bertz CT molecular complexity index is 377. The summed E-state index contributed by atoms with van der Waals surface area (Å²) in [7, 11) is 3.66. The van der Waals surface area contributed by atoms with Crippen molar-refractivity contribution in [3.05, 3.63) is 23.4 Å². The molecule has 16 heavy (non-hydrogen) atoms. The van der Waals surface area contributed by atoms with Crippen LogP contribution >= 0.6 is 0 Å². The van der Waals surface area contributed by atoms with Gasteiger partial charge in [-0.3, -0.25) is 0 Å². The molecule has 2 N–H and O–H groups in total. The van der Waals surface area contributed by atoms with Crippen LogP contribution in [0.2, 0.25) is 0 Å². The van der Waals surface area contributed by atoms with Gasteiger partial charge in [-0.2, -0.15) is 0 Å². The Labute approximate surface area is 95.1 Å². The van der Waals surface area contributed by atoms with Crippen molar-refractivity contribution in [2.75, 3.05) is 19.5 Å². The molecule has 1 heterocycles. The van der Waals surface area contributed by atoms with Crippen molar-refractivity contribution in [2.45, 2.75) is 19.8 Å². The zero-order chi connectivity index (χ0) is 12.1. The summed E-state index contributed by atoms with van der Waals surface area (Å²) in [4.78, 5) is 15.3. The number of aromatic nitrogens is 1. The van der Waals surface area contributed by atoms with Crippen LogP contribution in [0.3, 0.4) is 0 Å². The summed E-state index contributed by atoms with van der Waals surface area (Å²) in [5.74, 6) is -0.366. The molecule has 0 saturated heterocycles. The zero-order valence-electron chi connectivity index (χ0n) is 9.82. The number of rotatable bonds is 5. The molecule has 0 atom stereocenters. The van der Waals surface area contributed by atoms with Crippen LogP contribution in [0.25, 0.3) is 0 Å². The number of aryl methyl sites for hydroxylation is 1. The quantitative estimate of drug-likeness (QED) is 0.742. The lowest BCUT2D eigenvalue weighted by Crippen LogP contribution is -2.21. The van der Waals surface area contributed by atoms with Crippen LogP contribution in [0.15, 0.2) is 12.1 Å². The molecule has 1 aromatic heterocycles. The maximum Gasteiger partial charge on any atom is 0.335 e.